The summed E-state index contributed by atoms with van der Waals surface area (Å²) in [6.07, 6.45) is 2.18. The Balaban J connectivity index is 1.70. The lowest BCUT2D eigenvalue weighted by molar-refractivity contribution is 0.498. The third-order valence-corrected chi connectivity index (χ3v) is 4.05. The number of halogens is 1. The van der Waals surface area contributed by atoms with Crippen molar-refractivity contribution in [1.82, 2.24) is 0 Å². The summed E-state index contributed by atoms with van der Waals surface area (Å²) in [4.78, 5) is 0. The van der Waals surface area contributed by atoms with Crippen molar-refractivity contribution in [3.63, 3.8) is 0 Å². The zero-order valence-electron chi connectivity index (χ0n) is 10.1. The van der Waals surface area contributed by atoms with Gasteiger partial charge in [0.1, 0.15) is 0 Å². The molecule has 0 amide bonds. The summed E-state index contributed by atoms with van der Waals surface area (Å²) >= 11 is 5.89. The predicted molar refractivity (Wildman–Crippen MR) is 75.9 cm³/mol. The molecule has 0 heterocycles. The van der Waals surface area contributed by atoms with E-state index in [1.165, 1.54) is 16.7 Å². The quantitative estimate of drug-likeness (QED) is 0.881. The standard InChI is InChI=1S/C16H16ClN/c17-14-7-5-11(6-8-14)16(18)10-13-9-12-3-1-2-4-15(12)13/h1-8,13,16H,9-10,18H2. The molecule has 2 heteroatoms. The molecule has 1 aliphatic carbocycles. The van der Waals surface area contributed by atoms with E-state index < -0.39 is 0 Å². The van der Waals surface area contributed by atoms with Crippen molar-refractivity contribution in [1.29, 1.82) is 0 Å². The summed E-state index contributed by atoms with van der Waals surface area (Å²) in [5, 5.41) is 0.764. The molecule has 0 spiro atoms. The summed E-state index contributed by atoms with van der Waals surface area (Å²) in [5.74, 6) is 0.617. The molecule has 0 saturated heterocycles. The Labute approximate surface area is 113 Å². The van der Waals surface area contributed by atoms with Crippen molar-refractivity contribution in [3.8, 4) is 0 Å². The van der Waals surface area contributed by atoms with Gasteiger partial charge in [0, 0.05) is 11.1 Å². The molecule has 3 rings (SSSR count). The maximum absolute atomic E-state index is 6.27. The van der Waals surface area contributed by atoms with E-state index in [1.54, 1.807) is 0 Å². The molecule has 18 heavy (non-hydrogen) atoms. The van der Waals surface area contributed by atoms with E-state index in [9.17, 15) is 0 Å². The molecule has 1 aliphatic rings. The largest absolute Gasteiger partial charge is 0.324 e. The highest BCUT2D eigenvalue weighted by Crippen LogP contribution is 2.40. The Hall–Kier alpha value is -1.31. The van der Waals surface area contributed by atoms with Gasteiger partial charge in [0.05, 0.1) is 0 Å². The molecule has 92 valence electrons. The summed E-state index contributed by atoms with van der Waals surface area (Å²) in [5.41, 5.74) is 10.4. The minimum Gasteiger partial charge on any atom is -0.324 e. The second-order valence-electron chi connectivity index (χ2n) is 4.99. The summed E-state index contributed by atoms with van der Waals surface area (Å²) in [6.45, 7) is 0. The first kappa shape index (κ1) is 11.8. The summed E-state index contributed by atoms with van der Waals surface area (Å²) in [6, 6.07) is 16.6. The molecule has 0 saturated carbocycles. The Morgan fingerprint density at radius 1 is 1.11 bits per heavy atom. The van der Waals surface area contributed by atoms with E-state index in [0.717, 1.165) is 17.9 Å². The van der Waals surface area contributed by atoms with Gasteiger partial charge in [-0.1, -0.05) is 48.0 Å². The van der Waals surface area contributed by atoms with E-state index in [4.69, 9.17) is 17.3 Å². The molecular weight excluding hydrogens is 242 g/mol. The minimum absolute atomic E-state index is 0.0978. The molecule has 2 aromatic carbocycles. The van der Waals surface area contributed by atoms with Crippen LogP contribution < -0.4 is 5.73 Å². The molecule has 2 unspecified atom stereocenters. The maximum atomic E-state index is 6.27. The Morgan fingerprint density at radius 2 is 1.83 bits per heavy atom. The molecule has 0 aliphatic heterocycles. The first-order chi connectivity index (χ1) is 8.74. The highest BCUT2D eigenvalue weighted by Gasteiger charge is 2.27. The molecule has 0 fully saturated rings. The normalized spacial score (nSPS) is 18.9. The minimum atomic E-state index is 0.0978. The lowest BCUT2D eigenvalue weighted by Crippen LogP contribution is -2.22. The summed E-state index contributed by atoms with van der Waals surface area (Å²) in [7, 11) is 0. The molecule has 2 N–H and O–H groups in total. The molecule has 2 aromatic rings. The zero-order chi connectivity index (χ0) is 12.5. The Kier molecular flexibility index (Phi) is 3.11. The van der Waals surface area contributed by atoms with E-state index >= 15 is 0 Å². The van der Waals surface area contributed by atoms with Gasteiger partial charge in [0.2, 0.25) is 0 Å². The Morgan fingerprint density at radius 3 is 2.56 bits per heavy atom. The molecule has 1 nitrogen and oxygen atoms in total. The van der Waals surface area contributed by atoms with Gasteiger partial charge in [-0.25, -0.2) is 0 Å². The van der Waals surface area contributed by atoms with E-state index in [-0.39, 0.29) is 6.04 Å². The van der Waals surface area contributed by atoms with Gasteiger partial charge in [0.15, 0.2) is 0 Å². The predicted octanol–water partition coefficient (Wildman–Crippen LogP) is 4.07. The third-order valence-electron chi connectivity index (χ3n) is 3.80. The van der Waals surface area contributed by atoms with Gasteiger partial charge in [-0.2, -0.15) is 0 Å². The van der Waals surface area contributed by atoms with Crippen LogP contribution in [0.2, 0.25) is 5.02 Å². The van der Waals surface area contributed by atoms with Gasteiger partial charge < -0.3 is 5.73 Å². The van der Waals surface area contributed by atoms with Crippen LogP contribution >= 0.6 is 11.6 Å². The van der Waals surface area contributed by atoms with Gasteiger partial charge in [0.25, 0.3) is 0 Å². The van der Waals surface area contributed by atoms with Crippen LogP contribution in [-0.2, 0) is 6.42 Å². The number of rotatable bonds is 3. The fourth-order valence-corrected chi connectivity index (χ4v) is 2.85. The Bertz CT molecular complexity index is 547. The molecule has 2 atom stereocenters. The highest BCUT2D eigenvalue weighted by atomic mass is 35.5. The van der Waals surface area contributed by atoms with Crippen LogP contribution in [0.25, 0.3) is 0 Å². The maximum Gasteiger partial charge on any atom is 0.0406 e. The molecule has 0 radical (unpaired) electrons. The molecule has 0 aromatic heterocycles. The van der Waals surface area contributed by atoms with Crippen LogP contribution in [0, 0.1) is 0 Å². The fraction of sp³-hybridized carbons (Fsp3) is 0.250. The van der Waals surface area contributed by atoms with E-state index in [2.05, 4.69) is 24.3 Å². The number of benzene rings is 2. The average molecular weight is 258 g/mol. The second kappa shape index (κ2) is 4.75. The van der Waals surface area contributed by atoms with Crippen molar-refractivity contribution in [2.75, 3.05) is 0 Å². The lowest BCUT2D eigenvalue weighted by Gasteiger charge is -2.32. The van der Waals surface area contributed by atoms with Crippen molar-refractivity contribution < 1.29 is 0 Å². The van der Waals surface area contributed by atoms with Crippen LogP contribution in [0.3, 0.4) is 0 Å². The second-order valence-corrected chi connectivity index (χ2v) is 5.43. The van der Waals surface area contributed by atoms with Crippen molar-refractivity contribution in [3.05, 3.63) is 70.2 Å². The molecule has 0 bridgehead atoms. The van der Waals surface area contributed by atoms with Gasteiger partial charge >= 0.3 is 0 Å². The first-order valence-electron chi connectivity index (χ1n) is 6.33. The third kappa shape index (κ3) is 2.16. The van der Waals surface area contributed by atoms with Gasteiger partial charge in [-0.3, -0.25) is 0 Å². The van der Waals surface area contributed by atoms with Crippen LogP contribution in [0.5, 0.6) is 0 Å². The van der Waals surface area contributed by atoms with Crippen LogP contribution in [0.4, 0.5) is 0 Å². The van der Waals surface area contributed by atoms with Crippen molar-refractivity contribution >= 4 is 11.6 Å². The van der Waals surface area contributed by atoms with Crippen LogP contribution in [0.15, 0.2) is 48.5 Å². The lowest BCUT2D eigenvalue weighted by atomic mass is 9.74. The van der Waals surface area contributed by atoms with Gasteiger partial charge in [-0.05, 0) is 47.6 Å². The average Bonchev–Trinajstić information content (AvgIpc) is 2.36. The van der Waals surface area contributed by atoms with Gasteiger partial charge in [-0.15, -0.1) is 0 Å². The van der Waals surface area contributed by atoms with Crippen LogP contribution in [0.1, 0.15) is 35.1 Å². The SMILES string of the molecule is NC(CC1Cc2ccccc21)c1ccc(Cl)cc1. The van der Waals surface area contributed by atoms with Crippen LogP contribution in [-0.4, -0.2) is 0 Å². The zero-order valence-corrected chi connectivity index (χ0v) is 10.9. The number of hydrogen-bond donors (Lipinski definition) is 1. The van der Waals surface area contributed by atoms with Crippen molar-refractivity contribution in [2.45, 2.75) is 24.8 Å². The topological polar surface area (TPSA) is 26.0 Å². The number of fused-ring (bicyclic) bond motifs is 1. The van der Waals surface area contributed by atoms with E-state index in [1.807, 2.05) is 24.3 Å². The smallest absolute Gasteiger partial charge is 0.0406 e. The van der Waals surface area contributed by atoms with E-state index in [0.29, 0.717) is 5.92 Å². The molecular formula is C16H16ClN. The first-order valence-corrected chi connectivity index (χ1v) is 6.70. The monoisotopic (exact) mass is 257 g/mol. The highest BCUT2D eigenvalue weighted by molar-refractivity contribution is 6.30. The fourth-order valence-electron chi connectivity index (χ4n) is 2.73. The van der Waals surface area contributed by atoms with Crippen molar-refractivity contribution in [2.24, 2.45) is 5.73 Å². The number of nitrogens with two attached hydrogens (primary N) is 1. The number of hydrogen-bond acceptors (Lipinski definition) is 1. The summed E-state index contributed by atoms with van der Waals surface area (Å²) < 4.78 is 0.